The molecule has 1 saturated carbocycles. The summed E-state index contributed by atoms with van der Waals surface area (Å²) in [6.07, 6.45) is 6.11. The molecule has 6 heteroatoms. The quantitative estimate of drug-likeness (QED) is 0.811. The van der Waals surface area contributed by atoms with E-state index in [1.807, 2.05) is 12.1 Å². The SMILES string of the molecule is CC(C)N(C)c1cccc(NC(=O)C2CC3CCCCC3N2)c1.Cl.Cl. The number of nitrogens with one attached hydrogen (secondary N) is 2. The zero-order valence-corrected chi connectivity index (χ0v) is 17.0. The zero-order chi connectivity index (χ0) is 16.4. The summed E-state index contributed by atoms with van der Waals surface area (Å²) in [7, 11) is 2.08. The van der Waals surface area contributed by atoms with E-state index in [2.05, 4.69) is 48.6 Å². The summed E-state index contributed by atoms with van der Waals surface area (Å²) in [5.74, 6) is 0.807. The minimum Gasteiger partial charge on any atom is -0.372 e. The lowest BCUT2D eigenvalue weighted by atomic mass is 9.85. The number of hydrogen-bond donors (Lipinski definition) is 2. The molecule has 142 valence electrons. The summed E-state index contributed by atoms with van der Waals surface area (Å²) >= 11 is 0. The van der Waals surface area contributed by atoms with Crippen molar-refractivity contribution >= 4 is 42.1 Å². The molecule has 1 aliphatic carbocycles. The Labute approximate surface area is 163 Å². The van der Waals surface area contributed by atoms with Crippen molar-refractivity contribution in [1.29, 1.82) is 0 Å². The van der Waals surface area contributed by atoms with Crippen LogP contribution in [0.2, 0.25) is 0 Å². The molecular weight excluding hydrogens is 357 g/mol. The third-order valence-electron chi connectivity index (χ3n) is 5.47. The van der Waals surface area contributed by atoms with Gasteiger partial charge in [-0.15, -0.1) is 24.8 Å². The molecule has 1 aromatic rings. The van der Waals surface area contributed by atoms with Crippen LogP contribution >= 0.6 is 24.8 Å². The number of benzene rings is 1. The van der Waals surface area contributed by atoms with Crippen LogP contribution in [0.1, 0.15) is 46.0 Å². The molecule has 1 amide bonds. The molecular formula is C19H31Cl2N3O. The number of nitrogens with zero attached hydrogens (tertiary/aromatic N) is 1. The van der Waals surface area contributed by atoms with E-state index in [1.165, 1.54) is 25.7 Å². The highest BCUT2D eigenvalue weighted by atomic mass is 35.5. The first-order chi connectivity index (χ1) is 11.0. The lowest BCUT2D eigenvalue weighted by Gasteiger charge is -2.24. The Hall–Kier alpha value is -0.970. The third kappa shape index (κ3) is 5.25. The van der Waals surface area contributed by atoms with Gasteiger partial charge in [-0.25, -0.2) is 0 Å². The number of fused-ring (bicyclic) bond motifs is 1. The van der Waals surface area contributed by atoms with E-state index in [0.717, 1.165) is 17.8 Å². The highest BCUT2D eigenvalue weighted by Gasteiger charge is 2.38. The molecule has 2 N–H and O–H groups in total. The van der Waals surface area contributed by atoms with E-state index in [1.54, 1.807) is 0 Å². The van der Waals surface area contributed by atoms with E-state index in [0.29, 0.717) is 18.0 Å². The Morgan fingerprint density at radius 2 is 1.96 bits per heavy atom. The van der Waals surface area contributed by atoms with Crippen LogP contribution < -0.4 is 15.5 Å². The zero-order valence-electron chi connectivity index (χ0n) is 15.3. The molecule has 1 saturated heterocycles. The van der Waals surface area contributed by atoms with Crippen LogP contribution in [0, 0.1) is 5.92 Å². The van der Waals surface area contributed by atoms with Crippen molar-refractivity contribution in [3.8, 4) is 0 Å². The first kappa shape index (κ1) is 22.1. The summed E-state index contributed by atoms with van der Waals surface area (Å²) in [5, 5.41) is 6.65. The van der Waals surface area contributed by atoms with Crippen molar-refractivity contribution in [2.45, 2.75) is 64.1 Å². The van der Waals surface area contributed by atoms with Gasteiger partial charge in [-0.05, 0) is 57.2 Å². The number of carbonyl (C=O) groups is 1. The minimum atomic E-state index is -0.0328. The van der Waals surface area contributed by atoms with Crippen molar-refractivity contribution in [2.75, 3.05) is 17.3 Å². The summed E-state index contributed by atoms with van der Waals surface area (Å²) in [6.45, 7) is 4.32. The van der Waals surface area contributed by atoms with Crippen molar-refractivity contribution in [2.24, 2.45) is 5.92 Å². The van der Waals surface area contributed by atoms with Gasteiger partial charge in [-0.3, -0.25) is 4.79 Å². The number of amides is 1. The molecule has 0 spiro atoms. The Morgan fingerprint density at radius 1 is 1.24 bits per heavy atom. The largest absolute Gasteiger partial charge is 0.372 e. The molecule has 1 aliphatic heterocycles. The van der Waals surface area contributed by atoms with Gasteiger partial charge < -0.3 is 15.5 Å². The molecule has 3 unspecified atom stereocenters. The molecule has 0 bridgehead atoms. The van der Waals surface area contributed by atoms with Gasteiger partial charge in [0.25, 0.3) is 0 Å². The van der Waals surface area contributed by atoms with Gasteiger partial charge in [0.05, 0.1) is 6.04 Å². The van der Waals surface area contributed by atoms with E-state index < -0.39 is 0 Å². The maximum Gasteiger partial charge on any atom is 0.241 e. The van der Waals surface area contributed by atoms with Crippen LogP contribution in [0.3, 0.4) is 0 Å². The first-order valence-corrected chi connectivity index (χ1v) is 8.94. The summed E-state index contributed by atoms with van der Waals surface area (Å²) in [5.41, 5.74) is 2.02. The lowest BCUT2D eigenvalue weighted by Crippen LogP contribution is -2.39. The van der Waals surface area contributed by atoms with Crippen LogP contribution in [0.25, 0.3) is 0 Å². The monoisotopic (exact) mass is 387 g/mol. The highest BCUT2D eigenvalue weighted by molar-refractivity contribution is 5.95. The normalized spacial score (nSPS) is 24.7. The molecule has 25 heavy (non-hydrogen) atoms. The minimum absolute atomic E-state index is 0. The predicted octanol–water partition coefficient (Wildman–Crippen LogP) is 4.23. The van der Waals surface area contributed by atoms with Gasteiger partial charge in [0.2, 0.25) is 5.91 Å². The number of carbonyl (C=O) groups excluding carboxylic acids is 1. The Kier molecular flexibility index (Phi) is 8.52. The molecule has 3 atom stereocenters. The number of halogens is 2. The Morgan fingerprint density at radius 3 is 2.64 bits per heavy atom. The first-order valence-electron chi connectivity index (χ1n) is 8.94. The Balaban J connectivity index is 0.00000156. The van der Waals surface area contributed by atoms with Crippen LogP contribution in [-0.2, 0) is 4.79 Å². The van der Waals surface area contributed by atoms with Crippen molar-refractivity contribution in [1.82, 2.24) is 5.32 Å². The Bertz CT molecular complexity index is 553. The molecule has 1 heterocycles. The van der Waals surface area contributed by atoms with Crippen LogP contribution in [0.15, 0.2) is 24.3 Å². The number of hydrogen-bond acceptors (Lipinski definition) is 3. The average molecular weight is 388 g/mol. The smallest absolute Gasteiger partial charge is 0.241 e. The van der Waals surface area contributed by atoms with Crippen LogP contribution in [-0.4, -0.2) is 31.1 Å². The molecule has 2 fully saturated rings. The fraction of sp³-hybridized carbons (Fsp3) is 0.632. The van der Waals surface area contributed by atoms with Gasteiger partial charge >= 0.3 is 0 Å². The van der Waals surface area contributed by atoms with Gasteiger partial charge in [-0.2, -0.15) is 0 Å². The van der Waals surface area contributed by atoms with Gasteiger partial charge in [0, 0.05) is 30.5 Å². The maximum atomic E-state index is 12.6. The fourth-order valence-electron chi connectivity index (χ4n) is 3.85. The average Bonchev–Trinajstić information content (AvgIpc) is 2.98. The maximum absolute atomic E-state index is 12.6. The lowest BCUT2D eigenvalue weighted by molar-refractivity contribution is -0.117. The molecule has 2 aliphatic rings. The van der Waals surface area contributed by atoms with Crippen molar-refractivity contribution in [3.63, 3.8) is 0 Å². The van der Waals surface area contributed by atoms with Gasteiger partial charge in [0.1, 0.15) is 0 Å². The molecule has 1 aromatic carbocycles. The number of rotatable bonds is 4. The second kappa shape index (κ2) is 9.65. The van der Waals surface area contributed by atoms with Crippen LogP contribution in [0.4, 0.5) is 11.4 Å². The summed E-state index contributed by atoms with van der Waals surface area (Å²) in [6, 6.07) is 9.06. The molecule has 4 nitrogen and oxygen atoms in total. The fourth-order valence-corrected chi connectivity index (χ4v) is 3.85. The van der Waals surface area contributed by atoms with E-state index in [-0.39, 0.29) is 36.8 Å². The second-order valence-corrected chi connectivity index (χ2v) is 7.35. The summed E-state index contributed by atoms with van der Waals surface area (Å²) < 4.78 is 0. The van der Waals surface area contributed by atoms with E-state index in [4.69, 9.17) is 0 Å². The van der Waals surface area contributed by atoms with E-state index in [9.17, 15) is 4.79 Å². The molecule has 3 rings (SSSR count). The van der Waals surface area contributed by atoms with Crippen LogP contribution in [0.5, 0.6) is 0 Å². The standard InChI is InChI=1S/C19H29N3O.2ClH/c1-13(2)22(3)16-9-6-8-15(12-16)20-19(23)18-11-14-7-4-5-10-17(14)21-18;;/h6,8-9,12-14,17-18,21H,4-5,7,10-11H2,1-3H3,(H,20,23);2*1H. The molecule has 0 radical (unpaired) electrons. The second-order valence-electron chi connectivity index (χ2n) is 7.35. The number of anilines is 2. The van der Waals surface area contributed by atoms with Gasteiger partial charge in [-0.1, -0.05) is 18.9 Å². The third-order valence-corrected chi connectivity index (χ3v) is 5.47. The highest BCUT2D eigenvalue weighted by Crippen LogP contribution is 2.33. The topological polar surface area (TPSA) is 44.4 Å². The summed E-state index contributed by atoms with van der Waals surface area (Å²) in [4.78, 5) is 14.8. The predicted molar refractivity (Wildman–Crippen MR) is 110 cm³/mol. The van der Waals surface area contributed by atoms with Crippen molar-refractivity contribution < 1.29 is 4.79 Å². The molecule has 0 aromatic heterocycles. The van der Waals surface area contributed by atoms with Gasteiger partial charge in [0.15, 0.2) is 0 Å². The van der Waals surface area contributed by atoms with Crippen molar-refractivity contribution in [3.05, 3.63) is 24.3 Å². The van der Waals surface area contributed by atoms with E-state index >= 15 is 0 Å².